The minimum Gasteiger partial charge on any atom is -0.476 e. The monoisotopic (exact) mass is 358 g/mol. The highest BCUT2D eigenvalue weighted by Crippen LogP contribution is 2.37. The summed E-state index contributed by atoms with van der Waals surface area (Å²) in [5, 5.41) is 9.40. The molecule has 0 aromatic carbocycles. The van der Waals surface area contributed by atoms with Gasteiger partial charge in [0.1, 0.15) is 12.2 Å². The largest absolute Gasteiger partial charge is 0.476 e. The smallest absolute Gasteiger partial charge is 0.421 e. The van der Waals surface area contributed by atoms with Gasteiger partial charge in [0.15, 0.2) is 5.69 Å². The van der Waals surface area contributed by atoms with Crippen LogP contribution in [0.1, 0.15) is 27.4 Å². The molecule has 0 spiro atoms. The zero-order valence-corrected chi connectivity index (χ0v) is 13.8. The van der Waals surface area contributed by atoms with E-state index in [4.69, 9.17) is 9.47 Å². The zero-order chi connectivity index (χ0) is 18.8. The van der Waals surface area contributed by atoms with Gasteiger partial charge < -0.3 is 19.1 Å². The number of methoxy groups -OCH3 is 1. The van der Waals surface area contributed by atoms with Gasteiger partial charge in [-0.1, -0.05) is 0 Å². The summed E-state index contributed by atoms with van der Waals surface area (Å²) in [6.45, 7) is 3.18. The zero-order valence-electron chi connectivity index (χ0n) is 13.8. The summed E-state index contributed by atoms with van der Waals surface area (Å²) >= 11 is 0. The topological polar surface area (TPSA) is 73.6 Å². The normalized spacial score (nSPS) is 11.6. The van der Waals surface area contributed by atoms with Gasteiger partial charge in [0.2, 0.25) is 5.88 Å². The maximum Gasteiger partial charge on any atom is 0.421 e. The summed E-state index contributed by atoms with van der Waals surface area (Å²) in [6, 6.07) is 4.10. The molecule has 6 nitrogen and oxygen atoms in total. The average Bonchev–Trinajstić information content (AvgIpc) is 2.85. The molecule has 2 heterocycles. The Kier molecular flexibility index (Phi) is 5.36. The van der Waals surface area contributed by atoms with E-state index in [-0.39, 0.29) is 18.9 Å². The maximum atomic E-state index is 13.4. The van der Waals surface area contributed by atoms with Gasteiger partial charge in [0, 0.05) is 18.5 Å². The number of ether oxygens (including phenoxy) is 2. The van der Waals surface area contributed by atoms with Crippen molar-refractivity contribution in [3.05, 3.63) is 40.8 Å². The number of carboxylic acid groups (broad SMARTS) is 1. The van der Waals surface area contributed by atoms with E-state index in [2.05, 4.69) is 4.98 Å². The number of aromatic carboxylic acids is 1. The van der Waals surface area contributed by atoms with Gasteiger partial charge in [-0.25, -0.2) is 9.78 Å². The molecule has 9 heteroatoms. The lowest BCUT2D eigenvalue weighted by Gasteiger charge is -2.18. The van der Waals surface area contributed by atoms with Crippen LogP contribution in [0.2, 0.25) is 0 Å². The van der Waals surface area contributed by atoms with Crippen molar-refractivity contribution in [1.82, 2.24) is 9.55 Å². The molecule has 0 aliphatic heterocycles. The van der Waals surface area contributed by atoms with Gasteiger partial charge in [0.05, 0.1) is 12.3 Å². The standard InChI is InChI=1S/C16H17F3N2O4/c1-9-4-5-10(2)21(9)12-8-11(16(17,18)19)14(25-7-6-24-3)20-13(12)15(22)23/h4-5,8H,6-7H2,1-3H3,(H,22,23). The number of halogens is 3. The third-order valence-corrected chi connectivity index (χ3v) is 3.51. The Bertz CT molecular complexity index is 765. The van der Waals surface area contributed by atoms with Gasteiger partial charge in [0.25, 0.3) is 0 Å². The molecule has 0 bridgehead atoms. The van der Waals surface area contributed by atoms with Crippen molar-refractivity contribution in [2.45, 2.75) is 20.0 Å². The first-order valence-electron chi connectivity index (χ1n) is 7.29. The van der Waals surface area contributed by atoms with Crippen LogP contribution in [0, 0.1) is 13.8 Å². The summed E-state index contributed by atoms with van der Waals surface area (Å²) in [7, 11) is 1.37. The van der Waals surface area contributed by atoms with Gasteiger partial charge in [-0.15, -0.1) is 0 Å². The molecule has 2 aromatic rings. The molecule has 1 N–H and O–H groups in total. The number of hydrogen-bond acceptors (Lipinski definition) is 4. The lowest BCUT2D eigenvalue weighted by Crippen LogP contribution is -2.18. The van der Waals surface area contributed by atoms with Crippen molar-refractivity contribution in [3.8, 4) is 11.6 Å². The molecule has 0 saturated carbocycles. The molecule has 0 amide bonds. The number of aromatic nitrogens is 2. The molecular weight excluding hydrogens is 341 g/mol. The van der Waals surface area contributed by atoms with E-state index >= 15 is 0 Å². The van der Waals surface area contributed by atoms with Crippen molar-refractivity contribution in [2.24, 2.45) is 0 Å². The Hall–Kier alpha value is -2.55. The molecule has 136 valence electrons. The molecule has 0 aliphatic rings. The van der Waals surface area contributed by atoms with E-state index in [9.17, 15) is 23.1 Å². The molecule has 0 unspecified atom stereocenters. The van der Waals surface area contributed by atoms with Crippen LogP contribution < -0.4 is 4.74 Å². The SMILES string of the molecule is COCCOc1nc(C(=O)O)c(-n2c(C)ccc2C)cc1C(F)(F)F. The fraction of sp³-hybridized carbons (Fsp3) is 0.375. The Morgan fingerprint density at radius 1 is 1.24 bits per heavy atom. The highest BCUT2D eigenvalue weighted by atomic mass is 19.4. The molecule has 0 fully saturated rings. The minimum atomic E-state index is -4.75. The minimum absolute atomic E-state index is 0.0406. The summed E-state index contributed by atoms with van der Waals surface area (Å²) in [6.07, 6.45) is -4.75. The van der Waals surface area contributed by atoms with Crippen LogP contribution in [-0.4, -0.2) is 41.0 Å². The van der Waals surface area contributed by atoms with Crippen LogP contribution in [0.5, 0.6) is 5.88 Å². The number of rotatable bonds is 6. The maximum absolute atomic E-state index is 13.4. The van der Waals surface area contributed by atoms with Crippen LogP contribution in [0.25, 0.3) is 5.69 Å². The highest BCUT2D eigenvalue weighted by molar-refractivity contribution is 5.90. The molecular formula is C16H17F3N2O4. The molecule has 2 aromatic heterocycles. The molecule has 0 saturated heterocycles. The Labute approximate surface area is 141 Å². The second-order valence-electron chi connectivity index (χ2n) is 5.30. The first-order valence-corrected chi connectivity index (χ1v) is 7.29. The summed E-state index contributed by atoms with van der Waals surface area (Å²) < 4.78 is 51.3. The van der Waals surface area contributed by atoms with Gasteiger partial charge in [-0.3, -0.25) is 0 Å². The van der Waals surface area contributed by atoms with Crippen LogP contribution in [-0.2, 0) is 10.9 Å². The number of carboxylic acids is 1. The van der Waals surface area contributed by atoms with Gasteiger partial charge in [-0.05, 0) is 32.0 Å². The molecule has 0 aliphatic carbocycles. The van der Waals surface area contributed by atoms with Crippen LogP contribution in [0.15, 0.2) is 18.2 Å². The number of pyridine rings is 1. The van der Waals surface area contributed by atoms with E-state index in [0.717, 1.165) is 6.07 Å². The molecule has 0 radical (unpaired) electrons. The Balaban J connectivity index is 2.69. The first-order chi connectivity index (χ1) is 11.7. The summed E-state index contributed by atoms with van der Waals surface area (Å²) in [5.41, 5.74) is -0.663. The van der Waals surface area contributed by atoms with Crippen molar-refractivity contribution in [3.63, 3.8) is 0 Å². The Morgan fingerprint density at radius 3 is 2.32 bits per heavy atom. The lowest BCUT2D eigenvalue weighted by atomic mass is 10.2. The second kappa shape index (κ2) is 7.14. The van der Waals surface area contributed by atoms with Crippen molar-refractivity contribution in [2.75, 3.05) is 20.3 Å². The predicted molar refractivity (Wildman–Crippen MR) is 82.4 cm³/mol. The van der Waals surface area contributed by atoms with E-state index in [1.54, 1.807) is 26.0 Å². The fourth-order valence-corrected chi connectivity index (χ4v) is 2.40. The van der Waals surface area contributed by atoms with E-state index < -0.39 is 29.3 Å². The first kappa shape index (κ1) is 18.8. The van der Waals surface area contributed by atoms with Crippen molar-refractivity contribution < 1.29 is 32.5 Å². The van der Waals surface area contributed by atoms with E-state index in [1.807, 2.05) is 0 Å². The Morgan fingerprint density at radius 2 is 1.84 bits per heavy atom. The predicted octanol–water partition coefficient (Wildman–Crippen LogP) is 3.23. The third kappa shape index (κ3) is 3.93. The number of hydrogen-bond donors (Lipinski definition) is 1. The number of alkyl halides is 3. The van der Waals surface area contributed by atoms with Crippen LogP contribution in [0.3, 0.4) is 0 Å². The summed E-state index contributed by atoms with van der Waals surface area (Å²) in [5.74, 6) is -2.24. The highest BCUT2D eigenvalue weighted by Gasteiger charge is 2.37. The van der Waals surface area contributed by atoms with E-state index in [0.29, 0.717) is 11.4 Å². The van der Waals surface area contributed by atoms with Crippen LogP contribution >= 0.6 is 0 Å². The molecule has 0 atom stereocenters. The fourth-order valence-electron chi connectivity index (χ4n) is 2.40. The molecule has 2 rings (SSSR count). The average molecular weight is 358 g/mol. The molecule has 25 heavy (non-hydrogen) atoms. The third-order valence-electron chi connectivity index (χ3n) is 3.51. The van der Waals surface area contributed by atoms with E-state index in [1.165, 1.54) is 11.7 Å². The van der Waals surface area contributed by atoms with Crippen molar-refractivity contribution in [1.29, 1.82) is 0 Å². The number of nitrogens with zero attached hydrogens (tertiary/aromatic N) is 2. The number of aryl methyl sites for hydroxylation is 2. The van der Waals surface area contributed by atoms with Crippen molar-refractivity contribution >= 4 is 5.97 Å². The quantitative estimate of drug-likeness (QED) is 0.803. The van der Waals surface area contributed by atoms with Gasteiger partial charge >= 0.3 is 12.1 Å². The summed E-state index contributed by atoms with van der Waals surface area (Å²) in [4.78, 5) is 15.2. The van der Waals surface area contributed by atoms with Gasteiger partial charge in [-0.2, -0.15) is 13.2 Å². The van der Waals surface area contributed by atoms with Crippen LogP contribution in [0.4, 0.5) is 13.2 Å². The number of carbonyl (C=O) groups is 1. The lowest BCUT2D eigenvalue weighted by molar-refractivity contribution is -0.139. The second-order valence-corrected chi connectivity index (χ2v) is 5.30.